The van der Waals surface area contributed by atoms with Crippen molar-refractivity contribution in [3.63, 3.8) is 0 Å². The van der Waals surface area contributed by atoms with Crippen molar-refractivity contribution in [1.82, 2.24) is 0 Å². The van der Waals surface area contributed by atoms with Crippen molar-refractivity contribution in [2.75, 3.05) is 5.75 Å². The maximum atomic E-state index is 12.9. The molecule has 0 aliphatic carbocycles. The highest BCUT2D eigenvalue weighted by molar-refractivity contribution is 8.13. The topological polar surface area (TPSA) is 57.9 Å². The quantitative estimate of drug-likeness (QED) is 0.766. The molecule has 0 aliphatic heterocycles. The predicted octanol–water partition coefficient (Wildman–Crippen LogP) is 1.81. The van der Waals surface area contributed by atoms with E-state index in [-0.39, 0.29) is 17.7 Å². The number of nitriles is 1. The SMILES string of the molecule is N#Cc1cc(CCS(=O)(=O)Cl)ccc1F. The van der Waals surface area contributed by atoms with E-state index in [4.69, 9.17) is 15.9 Å². The molecule has 0 saturated carbocycles. The molecule has 0 aromatic heterocycles. The van der Waals surface area contributed by atoms with E-state index in [0.717, 1.165) is 6.07 Å². The second kappa shape index (κ2) is 4.60. The number of aryl methyl sites for hydroxylation is 1. The zero-order valence-corrected chi connectivity index (χ0v) is 9.15. The van der Waals surface area contributed by atoms with E-state index in [2.05, 4.69) is 0 Å². The van der Waals surface area contributed by atoms with Crippen molar-refractivity contribution in [1.29, 1.82) is 5.26 Å². The minimum absolute atomic E-state index is 0.0977. The molecule has 0 saturated heterocycles. The van der Waals surface area contributed by atoms with Gasteiger partial charge in [0.05, 0.1) is 11.3 Å². The highest BCUT2D eigenvalue weighted by atomic mass is 35.7. The lowest BCUT2D eigenvalue weighted by atomic mass is 10.1. The fourth-order valence-corrected chi connectivity index (χ4v) is 1.76. The zero-order chi connectivity index (χ0) is 11.5. The lowest BCUT2D eigenvalue weighted by molar-refractivity contribution is 0.608. The van der Waals surface area contributed by atoms with E-state index in [1.165, 1.54) is 12.1 Å². The molecule has 3 nitrogen and oxygen atoms in total. The van der Waals surface area contributed by atoms with Gasteiger partial charge in [-0.15, -0.1) is 0 Å². The van der Waals surface area contributed by atoms with Crippen LogP contribution in [0.25, 0.3) is 0 Å². The largest absolute Gasteiger partial charge is 0.232 e. The number of hydrogen-bond acceptors (Lipinski definition) is 3. The van der Waals surface area contributed by atoms with Gasteiger partial charge in [0.1, 0.15) is 11.9 Å². The molecular weight excluding hydrogens is 241 g/mol. The van der Waals surface area contributed by atoms with Crippen molar-refractivity contribution >= 4 is 19.7 Å². The van der Waals surface area contributed by atoms with E-state index in [9.17, 15) is 12.8 Å². The van der Waals surface area contributed by atoms with Crippen LogP contribution in [0.3, 0.4) is 0 Å². The maximum Gasteiger partial charge on any atom is 0.232 e. The van der Waals surface area contributed by atoms with Crippen LogP contribution in [0.15, 0.2) is 18.2 Å². The first kappa shape index (κ1) is 12.0. The standard InChI is InChI=1S/C9H7ClFNO2S/c10-15(13,14)4-3-7-1-2-9(11)8(5-7)6-12/h1-2,5H,3-4H2. The Labute approximate surface area is 91.5 Å². The van der Waals surface area contributed by atoms with E-state index < -0.39 is 14.9 Å². The third-order valence-corrected chi connectivity index (χ3v) is 2.94. The van der Waals surface area contributed by atoms with Gasteiger partial charge in [-0.2, -0.15) is 5.26 Å². The Balaban J connectivity index is 2.85. The van der Waals surface area contributed by atoms with Crippen LogP contribution in [0.5, 0.6) is 0 Å². The van der Waals surface area contributed by atoms with E-state index in [0.29, 0.717) is 5.56 Å². The van der Waals surface area contributed by atoms with Gasteiger partial charge in [-0.25, -0.2) is 12.8 Å². The molecule has 0 heterocycles. The fraction of sp³-hybridized carbons (Fsp3) is 0.222. The fourth-order valence-electron chi connectivity index (χ4n) is 1.05. The van der Waals surface area contributed by atoms with Gasteiger partial charge in [0.15, 0.2) is 0 Å². The highest BCUT2D eigenvalue weighted by Crippen LogP contribution is 2.11. The Morgan fingerprint density at radius 1 is 1.47 bits per heavy atom. The van der Waals surface area contributed by atoms with Crippen molar-refractivity contribution < 1.29 is 12.8 Å². The van der Waals surface area contributed by atoms with Gasteiger partial charge in [-0.1, -0.05) is 6.07 Å². The second-order valence-corrected chi connectivity index (χ2v) is 5.82. The van der Waals surface area contributed by atoms with Crippen LogP contribution in [0, 0.1) is 17.1 Å². The summed E-state index contributed by atoms with van der Waals surface area (Å²) in [5.41, 5.74) is 0.469. The van der Waals surface area contributed by atoms with Gasteiger partial charge in [0.25, 0.3) is 0 Å². The van der Waals surface area contributed by atoms with Crippen LogP contribution in [0.1, 0.15) is 11.1 Å². The number of nitrogens with zero attached hydrogens (tertiary/aromatic N) is 1. The summed E-state index contributed by atoms with van der Waals surface area (Å²) in [4.78, 5) is 0. The summed E-state index contributed by atoms with van der Waals surface area (Å²) in [5, 5.41) is 8.54. The molecule has 0 unspecified atom stereocenters. The van der Waals surface area contributed by atoms with Gasteiger partial charge < -0.3 is 0 Å². The predicted molar refractivity (Wildman–Crippen MR) is 54.5 cm³/mol. The molecule has 0 atom stereocenters. The molecule has 1 rings (SSSR count). The average molecular weight is 248 g/mol. The molecule has 0 N–H and O–H groups in total. The lowest BCUT2D eigenvalue weighted by Gasteiger charge is -2.00. The number of halogens is 2. The number of rotatable bonds is 3. The lowest BCUT2D eigenvalue weighted by Crippen LogP contribution is -2.01. The number of hydrogen-bond donors (Lipinski definition) is 0. The smallest absolute Gasteiger partial charge is 0.212 e. The summed E-state index contributed by atoms with van der Waals surface area (Å²) in [5.74, 6) is -0.847. The number of benzene rings is 1. The summed E-state index contributed by atoms with van der Waals surface area (Å²) >= 11 is 0. The van der Waals surface area contributed by atoms with Gasteiger partial charge in [0.2, 0.25) is 9.05 Å². The molecule has 15 heavy (non-hydrogen) atoms. The molecule has 1 aromatic carbocycles. The van der Waals surface area contributed by atoms with Crippen molar-refractivity contribution in [2.45, 2.75) is 6.42 Å². The minimum atomic E-state index is -3.56. The average Bonchev–Trinajstić information content (AvgIpc) is 2.15. The Bertz CT molecular complexity index is 507. The van der Waals surface area contributed by atoms with Crippen molar-refractivity contribution in [3.05, 3.63) is 35.1 Å². The maximum absolute atomic E-state index is 12.9. The minimum Gasteiger partial charge on any atom is -0.212 e. The van der Waals surface area contributed by atoms with Crippen LogP contribution in [-0.2, 0) is 15.5 Å². The third kappa shape index (κ3) is 3.86. The molecule has 0 fully saturated rings. The molecule has 0 amide bonds. The Hall–Kier alpha value is -1.12. The van der Waals surface area contributed by atoms with Crippen LogP contribution in [-0.4, -0.2) is 14.2 Å². The molecule has 6 heteroatoms. The van der Waals surface area contributed by atoms with Crippen LogP contribution in [0.2, 0.25) is 0 Å². The molecule has 80 valence electrons. The third-order valence-electron chi connectivity index (χ3n) is 1.79. The molecule has 0 aliphatic rings. The molecular formula is C9H7ClFNO2S. The molecule has 0 bridgehead atoms. The van der Waals surface area contributed by atoms with Gasteiger partial charge in [0, 0.05) is 10.7 Å². The zero-order valence-electron chi connectivity index (χ0n) is 7.57. The first-order chi connectivity index (χ1) is 6.92. The van der Waals surface area contributed by atoms with Crippen molar-refractivity contribution in [3.8, 4) is 6.07 Å². The van der Waals surface area contributed by atoms with Gasteiger partial charge in [-0.05, 0) is 24.1 Å². The monoisotopic (exact) mass is 247 g/mol. The summed E-state index contributed by atoms with van der Waals surface area (Å²) in [6.07, 6.45) is 0.167. The summed E-state index contributed by atoms with van der Waals surface area (Å²) in [6, 6.07) is 5.55. The Morgan fingerprint density at radius 3 is 2.67 bits per heavy atom. The summed E-state index contributed by atoms with van der Waals surface area (Å²) < 4.78 is 34.2. The van der Waals surface area contributed by atoms with E-state index in [1.54, 1.807) is 6.07 Å². The highest BCUT2D eigenvalue weighted by Gasteiger charge is 2.07. The second-order valence-electron chi connectivity index (χ2n) is 2.92. The first-order valence-corrected chi connectivity index (χ1v) is 6.51. The Morgan fingerprint density at radius 2 is 2.13 bits per heavy atom. The van der Waals surface area contributed by atoms with E-state index in [1.807, 2.05) is 0 Å². The van der Waals surface area contributed by atoms with Crippen molar-refractivity contribution in [2.24, 2.45) is 0 Å². The summed E-state index contributed by atoms with van der Waals surface area (Å²) in [7, 11) is 1.46. The first-order valence-electron chi connectivity index (χ1n) is 4.03. The molecule has 0 radical (unpaired) electrons. The summed E-state index contributed by atoms with van der Waals surface area (Å²) in [6.45, 7) is 0. The van der Waals surface area contributed by atoms with Gasteiger partial charge >= 0.3 is 0 Å². The van der Waals surface area contributed by atoms with Crippen LogP contribution < -0.4 is 0 Å². The normalized spacial score (nSPS) is 11.0. The van der Waals surface area contributed by atoms with Crippen LogP contribution in [0.4, 0.5) is 4.39 Å². The van der Waals surface area contributed by atoms with E-state index >= 15 is 0 Å². The Kier molecular flexibility index (Phi) is 3.66. The molecule has 1 aromatic rings. The van der Waals surface area contributed by atoms with Gasteiger partial charge in [-0.3, -0.25) is 0 Å². The van der Waals surface area contributed by atoms with Crippen LogP contribution >= 0.6 is 10.7 Å². The molecule has 0 spiro atoms.